The van der Waals surface area contributed by atoms with Crippen molar-refractivity contribution in [3.63, 3.8) is 0 Å². The molecule has 1 heterocycles. The fourth-order valence-electron chi connectivity index (χ4n) is 3.04. The van der Waals surface area contributed by atoms with E-state index >= 15 is 0 Å². The van der Waals surface area contributed by atoms with E-state index < -0.39 is 0 Å². The third-order valence-corrected chi connectivity index (χ3v) is 5.50. The highest BCUT2D eigenvalue weighted by Crippen LogP contribution is 2.34. The van der Waals surface area contributed by atoms with Gasteiger partial charge in [0.05, 0.1) is 6.04 Å². The summed E-state index contributed by atoms with van der Waals surface area (Å²) < 4.78 is 0. The lowest BCUT2D eigenvalue weighted by molar-refractivity contribution is 0.453. The summed E-state index contributed by atoms with van der Waals surface area (Å²) in [5.74, 6) is 0.597. The summed E-state index contributed by atoms with van der Waals surface area (Å²) in [6.07, 6.45) is 9.30. The van der Waals surface area contributed by atoms with Crippen LogP contribution in [0.1, 0.15) is 72.5 Å². The molecule has 1 atom stereocenters. The smallest absolute Gasteiger partial charge is 0.138 e. The van der Waals surface area contributed by atoms with Crippen molar-refractivity contribution in [2.45, 2.75) is 56.9 Å². The van der Waals surface area contributed by atoms with Crippen molar-refractivity contribution >= 4 is 11.3 Å². The quantitative estimate of drug-likeness (QED) is 0.913. The molecular weight excluding hydrogens is 278 g/mol. The van der Waals surface area contributed by atoms with Gasteiger partial charge in [-0.2, -0.15) is 0 Å². The molecule has 0 bridgehead atoms. The molecule has 1 aliphatic rings. The highest BCUT2D eigenvalue weighted by molar-refractivity contribution is 7.11. The molecule has 0 amide bonds. The number of nitrogens with two attached hydrogens (primary N) is 1. The number of hydrogen-bond donors (Lipinski definition) is 1. The molecule has 1 aromatic heterocycles. The second-order valence-electron chi connectivity index (χ2n) is 5.91. The number of rotatable bonds is 3. The molecule has 1 unspecified atom stereocenters. The number of hydrogen-bond acceptors (Lipinski definition) is 4. The van der Waals surface area contributed by atoms with Crippen molar-refractivity contribution in [2.75, 3.05) is 0 Å². The molecule has 1 saturated carbocycles. The third kappa shape index (κ3) is 3.69. The Balaban J connectivity index is 1.73. The van der Waals surface area contributed by atoms with E-state index in [4.69, 9.17) is 5.73 Å². The van der Waals surface area contributed by atoms with Crippen LogP contribution in [0, 0.1) is 0 Å². The van der Waals surface area contributed by atoms with Crippen molar-refractivity contribution in [1.29, 1.82) is 0 Å². The second kappa shape index (κ2) is 7.14. The molecule has 4 heteroatoms. The Labute approximate surface area is 130 Å². The lowest BCUT2D eigenvalue weighted by Crippen LogP contribution is -2.11. The first-order valence-electron chi connectivity index (χ1n) is 7.98. The predicted octanol–water partition coefficient (Wildman–Crippen LogP) is 4.41. The first-order chi connectivity index (χ1) is 10.3. The fourth-order valence-corrected chi connectivity index (χ4v) is 4.09. The molecule has 112 valence electrons. The molecule has 21 heavy (non-hydrogen) atoms. The van der Waals surface area contributed by atoms with Crippen LogP contribution in [0.15, 0.2) is 30.3 Å². The number of aromatic nitrogens is 2. The fraction of sp³-hybridized carbons (Fsp3) is 0.529. The van der Waals surface area contributed by atoms with E-state index in [-0.39, 0.29) is 6.04 Å². The largest absolute Gasteiger partial charge is 0.318 e. The monoisotopic (exact) mass is 301 g/mol. The van der Waals surface area contributed by atoms with Gasteiger partial charge in [-0.25, -0.2) is 0 Å². The van der Waals surface area contributed by atoms with Gasteiger partial charge in [-0.3, -0.25) is 0 Å². The van der Waals surface area contributed by atoms with Crippen LogP contribution in [0.4, 0.5) is 0 Å². The Kier molecular flexibility index (Phi) is 4.99. The second-order valence-corrected chi connectivity index (χ2v) is 6.95. The average Bonchev–Trinajstić information content (AvgIpc) is 2.97. The summed E-state index contributed by atoms with van der Waals surface area (Å²) in [5.41, 5.74) is 7.43. The van der Waals surface area contributed by atoms with E-state index in [1.165, 1.54) is 50.0 Å². The molecule has 1 fully saturated rings. The SMILES string of the molecule is NC(c1ccccc1)c1nnc(C2CCCCCCC2)s1. The van der Waals surface area contributed by atoms with Crippen LogP contribution in [0.2, 0.25) is 0 Å². The average molecular weight is 301 g/mol. The minimum Gasteiger partial charge on any atom is -0.318 e. The Morgan fingerprint density at radius 3 is 2.33 bits per heavy atom. The van der Waals surface area contributed by atoms with Crippen LogP contribution in [-0.2, 0) is 0 Å². The van der Waals surface area contributed by atoms with Gasteiger partial charge in [0, 0.05) is 5.92 Å². The lowest BCUT2D eigenvalue weighted by Gasteiger charge is -2.16. The lowest BCUT2D eigenvalue weighted by atomic mass is 9.92. The van der Waals surface area contributed by atoms with Crippen molar-refractivity contribution in [3.8, 4) is 0 Å². The van der Waals surface area contributed by atoms with Gasteiger partial charge in [-0.15, -0.1) is 10.2 Å². The van der Waals surface area contributed by atoms with Gasteiger partial charge in [0.2, 0.25) is 0 Å². The van der Waals surface area contributed by atoms with Gasteiger partial charge in [0.1, 0.15) is 10.0 Å². The van der Waals surface area contributed by atoms with Crippen LogP contribution in [0.25, 0.3) is 0 Å². The van der Waals surface area contributed by atoms with E-state index in [1.54, 1.807) is 11.3 Å². The summed E-state index contributed by atoms with van der Waals surface area (Å²) in [4.78, 5) is 0. The normalized spacial score (nSPS) is 18.9. The maximum Gasteiger partial charge on any atom is 0.138 e. The summed E-state index contributed by atoms with van der Waals surface area (Å²) >= 11 is 1.71. The molecule has 1 aromatic carbocycles. The van der Waals surface area contributed by atoms with E-state index in [2.05, 4.69) is 22.3 Å². The molecule has 1 aliphatic carbocycles. The van der Waals surface area contributed by atoms with Gasteiger partial charge in [0.25, 0.3) is 0 Å². The van der Waals surface area contributed by atoms with Crippen LogP contribution in [0.3, 0.4) is 0 Å². The standard InChI is InChI=1S/C17H23N3S/c18-15(13-9-7-4-8-10-13)17-20-19-16(21-17)14-11-5-2-1-3-6-12-14/h4,7-10,14-15H,1-3,5-6,11-12,18H2. The Morgan fingerprint density at radius 1 is 0.952 bits per heavy atom. The molecule has 0 radical (unpaired) electrons. The van der Waals surface area contributed by atoms with Crippen molar-refractivity contribution in [3.05, 3.63) is 45.9 Å². The van der Waals surface area contributed by atoms with Gasteiger partial charge < -0.3 is 5.73 Å². The molecule has 2 N–H and O–H groups in total. The third-order valence-electron chi connectivity index (χ3n) is 4.34. The zero-order chi connectivity index (χ0) is 14.5. The molecule has 3 nitrogen and oxygen atoms in total. The zero-order valence-corrected chi connectivity index (χ0v) is 13.2. The van der Waals surface area contributed by atoms with E-state index in [0.29, 0.717) is 5.92 Å². The van der Waals surface area contributed by atoms with Crippen LogP contribution in [0.5, 0.6) is 0 Å². The Bertz CT molecular complexity index is 544. The summed E-state index contributed by atoms with van der Waals surface area (Å²) in [5, 5.41) is 10.9. The Hall–Kier alpha value is -1.26. The van der Waals surface area contributed by atoms with Crippen LogP contribution in [-0.4, -0.2) is 10.2 Å². The van der Waals surface area contributed by atoms with Crippen molar-refractivity contribution in [1.82, 2.24) is 10.2 Å². The van der Waals surface area contributed by atoms with E-state index in [9.17, 15) is 0 Å². The minimum atomic E-state index is -0.147. The van der Waals surface area contributed by atoms with Crippen molar-refractivity contribution in [2.24, 2.45) is 5.73 Å². The minimum absolute atomic E-state index is 0.147. The highest BCUT2D eigenvalue weighted by Gasteiger charge is 2.20. The van der Waals surface area contributed by atoms with Gasteiger partial charge in [-0.05, 0) is 18.4 Å². The zero-order valence-electron chi connectivity index (χ0n) is 12.4. The van der Waals surface area contributed by atoms with Crippen LogP contribution >= 0.6 is 11.3 Å². The highest BCUT2D eigenvalue weighted by atomic mass is 32.1. The molecule has 3 rings (SSSR count). The molecule has 0 aliphatic heterocycles. The maximum absolute atomic E-state index is 6.32. The summed E-state index contributed by atoms with van der Waals surface area (Å²) in [7, 11) is 0. The molecule has 2 aromatic rings. The van der Waals surface area contributed by atoms with Gasteiger partial charge in [0.15, 0.2) is 0 Å². The maximum atomic E-state index is 6.32. The van der Waals surface area contributed by atoms with Crippen LogP contribution < -0.4 is 5.73 Å². The Morgan fingerprint density at radius 2 is 1.62 bits per heavy atom. The van der Waals surface area contributed by atoms with Crippen molar-refractivity contribution < 1.29 is 0 Å². The first-order valence-corrected chi connectivity index (χ1v) is 8.80. The molecule has 0 saturated heterocycles. The molecular formula is C17H23N3S. The number of benzene rings is 1. The first kappa shape index (κ1) is 14.7. The van der Waals surface area contributed by atoms with Gasteiger partial charge >= 0.3 is 0 Å². The summed E-state index contributed by atoms with van der Waals surface area (Å²) in [6, 6.07) is 10.0. The number of nitrogens with zero attached hydrogens (tertiary/aromatic N) is 2. The van der Waals surface area contributed by atoms with E-state index in [0.717, 1.165) is 10.6 Å². The van der Waals surface area contributed by atoms with Gasteiger partial charge in [-0.1, -0.05) is 73.8 Å². The predicted molar refractivity (Wildman–Crippen MR) is 87.4 cm³/mol. The topological polar surface area (TPSA) is 51.8 Å². The molecule has 0 spiro atoms. The van der Waals surface area contributed by atoms with E-state index in [1.807, 2.05) is 18.2 Å². The summed E-state index contributed by atoms with van der Waals surface area (Å²) in [6.45, 7) is 0.